The third-order valence-corrected chi connectivity index (χ3v) is 5.71. The average Bonchev–Trinajstić information content (AvgIpc) is 2.69. The summed E-state index contributed by atoms with van der Waals surface area (Å²) in [5, 5.41) is 3.48. The number of likely N-dealkylation sites (tertiary alicyclic amines) is 1. The molecule has 2 fully saturated rings. The Balaban J connectivity index is 0.00000280. The zero-order chi connectivity index (χ0) is 19.2. The van der Waals surface area contributed by atoms with E-state index >= 15 is 0 Å². The van der Waals surface area contributed by atoms with Crippen molar-refractivity contribution in [2.45, 2.75) is 19.3 Å². The van der Waals surface area contributed by atoms with Gasteiger partial charge in [0.25, 0.3) is 0 Å². The Kier molecular flexibility index (Phi) is 9.20. The predicted molar refractivity (Wildman–Crippen MR) is 122 cm³/mol. The van der Waals surface area contributed by atoms with Gasteiger partial charge in [-0.1, -0.05) is 0 Å². The molecule has 2 saturated heterocycles. The summed E-state index contributed by atoms with van der Waals surface area (Å²) in [5.74, 6) is 0.924. The highest BCUT2D eigenvalue weighted by Gasteiger charge is 2.22. The number of hydrogen-bond acceptors (Lipinski definition) is 3. The van der Waals surface area contributed by atoms with Crippen molar-refractivity contribution >= 4 is 35.6 Å². The van der Waals surface area contributed by atoms with Crippen molar-refractivity contribution in [3.8, 4) is 0 Å². The normalized spacial score (nSPS) is 19.5. The lowest BCUT2D eigenvalue weighted by molar-refractivity contribution is 0.212. The standard InChI is InChI=1S/C20H31F2N5.HI/c1-23-20(24-8-5-16-6-9-25(2)10-7-16)27-13-11-26(12-14-27)19-15-17(21)3-4-18(19)22;/h3-4,15-16H,5-14H2,1-2H3,(H,23,24);1H. The van der Waals surface area contributed by atoms with Crippen LogP contribution in [-0.2, 0) is 0 Å². The molecule has 1 aromatic rings. The molecular formula is C20H32F2IN5. The van der Waals surface area contributed by atoms with Gasteiger partial charge in [-0.05, 0) is 57.5 Å². The van der Waals surface area contributed by atoms with Crippen molar-refractivity contribution in [1.29, 1.82) is 0 Å². The molecule has 0 aliphatic carbocycles. The van der Waals surface area contributed by atoms with E-state index in [1.165, 1.54) is 44.5 Å². The Labute approximate surface area is 184 Å². The van der Waals surface area contributed by atoms with E-state index in [9.17, 15) is 8.78 Å². The maximum atomic E-state index is 14.0. The quantitative estimate of drug-likeness (QED) is 0.386. The maximum absolute atomic E-state index is 14.0. The number of piperazine rings is 1. The van der Waals surface area contributed by atoms with E-state index < -0.39 is 5.82 Å². The van der Waals surface area contributed by atoms with E-state index in [-0.39, 0.29) is 29.8 Å². The fourth-order valence-electron chi connectivity index (χ4n) is 3.96. The lowest BCUT2D eigenvalue weighted by Crippen LogP contribution is -2.53. The molecular weight excluding hydrogens is 475 g/mol. The third-order valence-electron chi connectivity index (χ3n) is 5.71. The van der Waals surface area contributed by atoms with Crippen LogP contribution in [0.15, 0.2) is 23.2 Å². The van der Waals surface area contributed by atoms with Crippen LogP contribution in [0.1, 0.15) is 19.3 Å². The van der Waals surface area contributed by atoms with Gasteiger partial charge in [0, 0.05) is 45.8 Å². The molecule has 2 aliphatic heterocycles. The van der Waals surface area contributed by atoms with Crippen LogP contribution in [-0.4, -0.2) is 75.7 Å². The number of benzene rings is 1. The van der Waals surface area contributed by atoms with Crippen LogP contribution < -0.4 is 10.2 Å². The van der Waals surface area contributed by atoms with Crippen LogP contribution in [0.5, 0.6) is 0 Å². The van der Waals surface area contributed by atoms with Crippen molar-refractivity contribution < 1.29 is 8.78 Å². The van der Waals surface area contributed by atoms with Crippen LogP contribution >= 0.6 is 24.0 Å². The van der Waals surface area contributed by atoms with E-state index in [2.05, 4.69) is 27.2 Å². The summed E-state index contributed by atoms with van der Waals surface area (Å²) in [6.45, 7) is 6.09. The van der Waals surface area contributed by atoms with Gasteiger partial charge in [-0.3, -0.25) is 4.99 Å². The molecule has 0 spiro atoms. The molecule has 0 radical (unpaired) electrons. The van der Waals surface area contributed by atoms with Gasteiger partial charge in [-0.2, -0.15) is 0 Å². The molecule has 8 heteroatoms. The molecule has 0 bridgehead atoms. The number of hydrogen-bond donors (Lipinski definition) is 1. The molecule has 1 aromatic carbocycles. The number of aliphatic imine (C=N–C) groups is 1. The SMILES string of the molecule is CN=C(NCCC1CCN(C)CC1)N1CCN(c2cc(F)ccc2F)CC1.I. The van der Waals surface area contributed by atoms with Crippen molar-refractivity contribution in [3.05, 3.63) is 29.8 Å². The third kappa shape index (κ3) is 6.17. The summed E-state index contributed by atoms with van der Waals surface area (Å²) >= 11 is 0. The van der Waals surface area contributed by atoms with Crippen LogP contribution in [0, 0.1) is 17.6 Å². The first-order valence-electron chi connectivity index (χ1n) is 9.91. The van der Waals surface area contributed by atoms with Crippen molar-refractivity contribution in [2.24, 2.45) is 10.9 Å². The summed E-state index contributed by atoms with van der Waals surface area (Å²) in [5.41, 5.74) is 0.347. The summed E-state index contributed by atoms with van der Waals surface area (Å²) in [7, 11) is 3.99. The number of rotatable bonds is 4. The summed E-state index contributed by atoms with van der Waals surface area (Å²) in [6, 6.07) is 3.63. The Hall–Kier alpha value is -1.16. The second-order valence-electron chi connectivity index (χ2n) is 7.58. The molecule has 0 aromatic heterocycles. The van der Waals surface area contributed by atoms with Crippen LogP contribution in [0.2, 0.25) is 0 Å². The molecule has 158 valence electrons. The van der Waals surface area contributed by atoms with Crippen LogP contribution in [0.25, 0.3) is 0 Å². The van der Waals surface area contributed by atoms with Gasteiger partial charge in [-0.15, -0.1) is 24.0 Å². The molecule has 0 unspecified atom stereocenters. The smallest absolute Gasteiger partial charge is 0.193 e. The zero-order valence-corrected chi connectivity index (χ0v) is 19.2. The van der Waals surface area contributed by atoms with Gasteiger partial charge < -0.3 is 20.0 Å². The van der Waals surface area contributed by atoms with Crippen LogP contribution in [0.3, 0.4) is 0 Å². The van der Waals surface area contributed by atoms with Gasteiger partial charge in [0.1, 0.15) is 11.6 Å². The zero-order valence-electron chi connectivity index (χ0n) is 16.8. The molecule has 0 saturated carbocycles. The van der Waals surface area contributed by atoms with E-state index in [0.29, 0.717) is 18.8 Å². The topological polar surface area (TPSA) is 34.1 Å². The number of anilines is 1. The molecule has 2 aliphatic rings. The minimum atomic E-state index is -0.403. The highest BCUT2D eigenvalue weighted by atomic mass is 127. The lowest BCUT2D eigenvalue weighted by atomic mass is 9.94. The number of guanidine groups is 1. The Morgan fingerprint density at radius 1 is 1.11 bits per heavy atom. The molecule has 28 heavy (non-hydrogen) atoms. The van der Waals surface area contributed by atoms with Crippen molar-refractivity contribution in [3.63, 3.8) is 0 Å². The minimum Gasteiger partial charge on any atom is -0.366 e. The molecule has 0 atom stereocenters. The van der Waals surface area contributed by atoms with E-state index in [1.807, 2.05) is 4.90 Å². The van der Waals surface area contributed by atoms with E-state index in [0.717, 1.165) is 37.6 Å². The Morgan fingerprint density at radius 2 is 1.79 bits per heavy atom. The first-order valence-corrected chi connectivity index (χ1v) is 9.91. The van der Waals surface area contributed by atoms with Gasteiger partial charge in [0.2, 0.25) is 0 Å². The maximum Gasteiger partial charge on any atom is 0.193 e. The second-order valence-corrected chi connectivity index (χ2v) is 7.58. The molecule has 1 N–H and O–H groups in total. The van der Waals surface area contributed by atoms with Crippen molar-refractivity contribution in [1.82, 2.24) is 15.1 Å². The minimum absolute atomic E-state index is 0. The fraction of sp³-hybridized carbons (Fsp3) is 0.650. The molecule has 3 rings (SSSR count). The van der Waals surface area contributed by atoms with Gasteiger partial charge in [0.15, 0.2) is 5.96 Å². The summed E-state index contributed by atoms with van der Waals surface area (Å²) in [4.78, 5) is 10.9. The largest absolute Gasteiger partial charge is 0.366 e. The first-order chi connectivity index (χ1) is 13.1. The molecule has 0 amide bonds. The second kappa shape index (κ2) is 11.1. The summed E-state index contributed by atoms with van der Waals surface area (Å²) < 4.78 is 27.4. The first kappa shape index (κ1) is 23.1. The Morgan fingerprint density at radius 3 is 2.43 bits per heavy atom. The summed E-state index contributed by atoms with van der Waals surface area (Å²) in [6.07, 6.45) is 3.71. The molecule has 5 nitrogen and oxygen atoms in total. The van der Waals surface area contributed by atoms with E-state index in [1.54, 1.807) is 7.05 Å². The number of piperidine rings is 1. The average molecular weight is 507 g/mol. The van der Waals surface area contributed by atoms with E-state index in [4.69, 9.17) is 0 Å². The Bertz CT molecular complexity index is 641. The van der Waals surface area contributed by atoms with Gasteiger partial charge in [-0.25, -0.2) is 8.78 Å². The number of nitrogens with one attached hydrogen (secondary N) is 1. The fourth-order valence-corrected chi connectivity index (χ4v) is 3.96. The van der Waals surface area contributed by atoms with Gasteiger partial charge >= 0.3 is 0 Å². The number of halogens is 3. The lowest BCUT2D eigenvalue weighted by Gasteiger charge is -2.38. The highest BCUT2D eigenvalue weighted by Crippen LogP contribution is 2.22. The number of nitrogens with zero attached hydrogens (tertiary/aromatic N) is 4. The highest BCUT2D eigenvalue weighted by molar-refractivity contribution is 14.0. The predicted octanol–water partition coefficient (Wildman–Crippen LogP) is 3.01. The van der Waals surface area contributed by atoms with Crippen molar-refractivity contribution in [2.75, 3.05) is 64.8 Å². The van der Waals surface area contributed by atoms with Gasteiger partial charge in [0.05, 0.1) is 5.69 Å². The molecule has 2 heterocycles. The monoisotopic (exact) mass is 507 g/mol. The van der Waals surface area contributed by atoms with Crippen LogP contribution in [0.4, 0.5) is 14.5 Å².